The Morgan fingerprint density at radius 2 is 2.00 bits per heavy atom. The molecule has 0 saturated heterocycles. The van der Waals surface area contributed by atoms with E-state index in [1.54, 1.807) is 25.6 Å². The van der Waals surface area contributed by atoms with Crippen molar-refractivity contribution < 1.29 is 9.47 Å². The molecule has 2 aromatic rings. The maximum Gasteiger partial charge on any atom is 0.129 e. The van der Waals surface area contributed by atoms with Crippen LogP contribution in [0.15, 0.2) is 29.6 Å². The van der Waals surface area contributed by atoms with E-state index in [1.807, 2.05) is 11.4 Å². The highest BCUT2D eigenvalue weighted by Gasteiger charge is 2.19. The fourth-order valence-corrected chi connectivity index (χ4v) is 3.19. The minimum atomic E-state index is 0.128. The molecule has 1 aromatic heterocycles. The molecule has 1 N–H and O–H groups in total. The summed E-state index contributed by atoms with van der Waals surface area (Å²) in [5, 5.41) is 5.56. The van der Waals surface area contributed by atoms with Gasteiger partial charge in [-0.05, 0) is 25.6 Å². The van der Waals surface area contributed by atoms with Crippen molar-refractivity contribution in [3.05, 3.63) is 45.6 Å². The average molecular weight is 291 g/mol. The van der Waals surface area contributed by atoms with Crippen LogP contribution >= 0.6 is 11.3 Å². The van der Waals surface area contributed by atoms with Crippen LogP contribution in [-0.2, 0) is 0 Å². The van der Waals surface area contributed by atoms with Crippen molar-refractivity contribution in [1.82, 2.24) is 5.32 Å². The van der Waals surface area contributed by atoms with Gasteiger partial charge in [0.2, 0.25) is 0 Å². The van der Waals surface area contributed by atoms with Crippen molar-refractivity contribution in [2.45, 2.75) is 19.9 Å². The first-order chi connectivity index (χ1) is 9.69. The van der Waals surface area contributed by atoms with E-state index in [1.165, 1.54) is 16.0 Å². The smallest absolute Gasteiger partial charge is 0.129 e. The standard InChI is InChI=1S/C16H21NO2S/c1-5-17-16(15-9-12(18-3)10-20-15)13-8-11(2)6-7-14(13)19-4/h6-10,16-17H,5H2,1-4H3. The van der Waals surface area contributed by atoms with Gasteiger partial charge in [0.15, 0.2) is 0 Å². The zero-order chi connectivity index (χ0) is 14.5. The van der Waals surface area contributed by atoms with Gasteiger partial charge < -0.3 is 14.8 Å². The Balaban J connectivity index is 2.44. The van der Waals surface area contributed by atoms with E-state index < -0.39 is 0 Å². The van der Waals surface area contributed by atoms with Gasteiger partial charge in [-0.25, -0.2) is 0 Å². The summed E-state index contributed by atoms with van der Waals surface area (Å²) in [5.41, 5.74) is 2.39. The zero-order valence-electron chi connectivity index (χ0n) is 12.4. The molecule has 4 heteroatoms. The molecular formula is C16H21NO2S. The Morgan fingerprint density at radius 1 is 1.20 bits per heavy atom. The molecule has 1 atom stereocenters. The monoisotopic (exact) mass is 291 g/mol. The maximum atomic E-state index is 5.52. The van der Waals surface area contributed by atoms with E-state index in [2.05, 4.69) is 37.4 Å². The van der Waals surface area contributed by atoms with Gasteiger partial charge in [0, 0.05) is 15.8 Å². The van der Waals surface area contributed by atoms with Gasteiger partial charge in [-0.15, -0.1) is 11.3 Å². The molecule has 0 bridgehead atoms. The molecule has 0 radical (unpaired) electrons. The summed E-state index contributed by atoms with van der Waals surface area (Å²) >= 11 is 1.70. The second kappa shape index (κ2) is 6.77. The van der Waals surface area contributed by atoms with Gasteiger partial charge in [-0.1, -0.05) is 24.6 Å². The van der Waals surface area contributed by atoms with Crippen LogP contribution in [0.25, 0.3) is 0 Å². The number of benzene rings is 1. The van der Waals surface area contributed by atoms with E-state index in [9.17, 15) is 0 Å². The summed E-state index contributed by atoms with van der Waals surface area (Å²) in [7, 11) is 3.41. The normalized spacial score (nSPS) is 12.2. The molecular weight excluding hydrogens is 270 g/mol. The Hall–Kier alpha value is -1.52. The van der Waals surface area contributed by atoms with Gasteiger partial charge in [0.1, 0.15) is 11.5 Å². The molecule has 0 saturated carbocycles. The van der Waals surface area contributed by atoms with Crippen molar-refractivity contribution in [2.75, 3.05) is 20.8 Å². The molecule has 1 aromatic carbocycles. The number of hydrogen-bond donors (Lipinski definition) is 1. The molecule has 108 valence electrons. The third-order valence-electron chi connectivity index (χ3n) is 3.22. The topological polar surface area (TPSA) is 30.5 Å². The molecule has 0 aliphatic carbocycles. The lowest BCUT2D eigenvalue weighted by Gasteiger charge is -2.20. The summed E-state index contributed by atoms with van der Waals surface area (Å²) in [6, 6.07) is 8.49. The largest absolute Gasteiger partial charge is 0.496 e. The Bertz CT molecular complexity index is 565. The molecule has 1 heterocycles. The van der Waals surface area contributed by atoms with Crippen LogP contribution < -0.4 is 14.8 Å². The fourth-order valence-electron chi connectivity index (χ4n) is 2.24. The fraction of sp³-hybridized carbons (Fsp3) is 0.375. The zero-order valence-corrected chi connectivity index (χ0v) is 13.2. The molecule has 0 spiro atoms. The number of hydrogen-bond acceptors (Lipinski definition) is 4. The highest BCUT2D eigenvalue weighted by molar-refractivity contribution is 7.10. The number of ether oxygens (including phenoxy) is 2. The molecule has 2 rings (SSSR count). The lowest BCUT2D eigenvalue weighted by atomic mass is 10.0. The second-order valence-electron chi connectivity index (χ2n) is 4.62. The summed E-state index contributed by atoms with van der Waals surface area (Å²) < 4.78 is 10.8. The van der Waals surface area contributed by atoms with Crippen molar-refractivity contribution >= 4 is 11.3 Å². The third kappa shape index (κ3) is 3.14. The summed E-state index contributed by atoms with van der Waals surface area (Å²) in [4.78, 5) is 1.23. The van der Waals surface area contributed by atoms with Crippen LogP contribution in [0.1, 0.15) is 29.0 Å². The van der Waals surface area contributed by atoms with Crippen LogP contribution in [0.5, 0.6) is 11.5 Å². The van der Waals surface area contributed by atoms with Crippen LogP contribution in [0.2, 0.25) is 0 Å². The van der Waals surface area contributed by atoms with Crippen LogP contribution in [0, 0.1) is 6.92 Å². The number of rotatable bonds is 6. The van der Waals surface area contributed by atoms with E-state index in [4.69, 9.17) is 9.47 Å². The second-order valence-corrected chi connectivity index (χ2v) is 5.57. The Morgan fingerprint density at radius 3 is 2.60 bits per heavy atom. The SMILES string of the molecule is CCNC(c1cc(OC)cs1)c1cc(C)ccc1OC. The van der Waals surface area contributed by atoms with E-state index in [0.29, 0.717) is 0 Å². The van der Waals surface area contributed by atoms with Gasteiger partial charge in [-0.2, -0.15) is 0 Å². The summed E-state index contributed by atoms with van der Waals surface area (Å²) in [6.07, 6.45) is 0. The van der Waals surface area contributed by atoms with E-state index >= 15 is 0 Å². The van der Waals surface area contributed by atoms with Crippen LogP contribution in [-0.4, -0.2) is 20.8 Å². The first-order valence-electron chi connectivity index (χ1n) is 6.70. The van der Waals surface area contributed by atoms with Gasteiger partial charge >= 0.3 is 0 Å². The van der Waals surface area contributed by atoms with Crippen molar-refractivity contribution in [3.63, 3.8) is 0 Å². The average Bonchev–Trinajstić information content (AvgIpc) is 2.93. The molecule has 0 fully saturated rings. The predicted octanol–water partition coefficient (Wildman–Crippen LogP) is 3.77. The molecule has 0 aliphatic rings. The van der Waals surface area contributed by atoms with Crippen LogP contribution in [0.4, 0.5) is 0 Å². The van der Waals surface area contributed by atoms with E-state index in [0.717, 1.165) is 18.0 Å². The highest BCUT2D eigenvalue weighted by atomic mass is 32.1. The molecule has 1 unspecified atom stereocenters. The number of methoxy groups -OCH3 is 2. The van der Waals surface area contributed by atoms with E-state index in [-0.39, 0.29) is 6.04 Å². The lowest BCUT2D eigenvalue weighted by Crippen LogP contribution is -2.21. The molecule has 20 heavy (non-hydrogen) atoms. The maximum absolute atomic E-state index is 5.52. The van der Waals surface area contributed by atoms with Gasteiger partial charge in [0.25, 0.3) is 0 Å². The summed E-state index contributed by atoms with van der Waals surface area (Å²) in [6.45, 7) is 5.10. The first kappa shape index (κ1) is 14.9. The first-order valence-corrected chi connectivity index (χ1v) is 7.57. The van der Waals surface area contributed by atoms with Crippen molar-refractivity contribution in [2.24, 2.45) is 0 Å². The van der Waals surface area contributed by atoms with Gasteiger partial charge in [-0.3, -0.25) is 0 Å². The number of thiophene rings is 1. The van der Waals surface area contributed by atoms with Crippen molar-refractivity contribution in [1.29, 1.82) is 0 Å². The predicted molar refractivity (Wildman–Crippen MR) is 84.1 cm³/mol. The quantitative estimate of drug-likeness (QED) is 0.878. The van der Waals surface area contributed by atoms with Gasteiger partial charge in [0.05, 0.1) is 20.3 Å². The minimum Gasteiger partial charge on any atom is -0.496 e. The van der Waals surface area contributed by atoms with Crippen molar-refractivity contribution in [3.8, 4) is 11.5 Å². The van der Waals surface area contributed by atoms with Crippen LogP contribution in [0.3, 0.4) is 0 Å². The molecule has 0 aliphatic heterocycles. The number of nitrogens with one attached hydrogen (secondary N) is 1. The third-order valence-corrected chi connectivity index (χ3v) is 4.20. The molecule has 0 amide bonds. The summed E-state index contributed by atoms with van der Waals surface area (Å²) in [5.74, 6) is 1.81. The number of aryl methyl sites for hydroxylation is 1. The highest BCUT2D eigenvalue weighted by Crippen LogP contribution is 2.35. The minimum absolute atomic E-state index is 0.128. The Labute approximate surface area is 124 Å². The molecule has 3 nitrogen and oxygen atoms in total. The lowest BCUT2D eigenvalue weighted by molar-refractivity contribution is 0.404. The Kier molecular flexibility index (Phi) is 5.04.